The molecule has 1 heterocycles. The van der Waals surface area contributed by atoms with Crippen molar-refractivity contribution in [2.24, 2.45) is 5.84 Å². The number of nitrogens with two attached hydrogens (primary N) is 1. The van der Waals surface area contributed by atoms with E-state index in [1.807, 2.05) is 18.4 Å². The molecule has 0 aliphatic rings. The summed E-state index contributed by atoms with van der Waals surface area (Å²) in [6, 6.07) is 7.61. The predicted octanol–water partition coefficient (Wildman–Crippen LogP) is 2.29. The van der Waals surface area contributed by atoms with Gasteiger partial charge in [-0.25, -0.2) is 5.84 Å². The van der Waals surface area contributed by atoms with E-state index in [9.17, 15) is 4.79 Å². The second kappa shape index (κ2) is 6.41. The Hall–Kier alpha value is -2.34. The van der Waals surface area contributed by atoms with Gasteiger partial charge in [-0.1, -0.05) is 31.1 Å². The van der Waals surface area contributed by atoms with Crippen LogP contribution in [0.3, 0.4) is 0 Å². The van der Waals surface area contributed by atoms with Gasteiger partial charge in [-0.05, 0) is 30.0 Å². The average molecular weight is 289 g/mol. The normalized spacial score (nSPS) is 10.7. The first-order valence-corrected chi connectivity index (χ1v) is 6.71. The zero-order chi connectivity index (χ0) is 15.4. The first-order chi connectivity index (χ1) is 10.0. The van der Waals surface area contributed by atoms with Gasteiger partial charge in [-0.3, -0.25) is 10.2 Å². The third-order valence-corrected chi connectivity index (χ3v) is 3.08. The molecule has 0 radical (unpaired) electrons. The number of benzene rings is 1. The summed E-state index contributed by atoms with van der Waals surface area (Å²) in [4.78, 5) is 11.3. The Morgan fingerprint density at radius 1 is 1.43 bits per heavy atom. The van der Waals surface area contributed by atoms with E-state index in [-0.39, 0.29) is 12.3 Å². The van der Waals surface area contributed by atoms with Crippen LogP contribution in [0.4, 0.5) is 0 Å². The molecular weight excluding hydrogens is 270 g/mol. The van der Waals surface area contributed by atoms with Gasteiger partial charge in [0.15, 0.2) is 11.5 Å². The topological polar surface area (TPSA) is 90.4 Å². The number of carbonyl (C=O) groups is 1. The van der Waals surface area contributed by atoms with Crippen LogP contribution in [0.1, 0.15) is 47.1 Å². The van der Waals surface area contributed by atoms with E-state index < -0.39 is 5.91 Å². The molecule has 112 valence electrons. The summed E-state index contributed by atoms with van der Waals surface area (Å²) >= 11 is 0. The molecule has 6 heteroatoms. The summed E-state index contributed by atoms with van der Waals surface area (Å²) in [6.07, 6.45) is 0. The Labute approximate surface area is 123 Å². The summed E-state index contributed by atoms with van der Waals surface area (Å²) in [5, 5.41) is 3.63. The molecule has 0 aliphatic carbocycles. The van der Waals surface area contributed by atoms with Crippen LogP contribution in [0.25, 0.3) is 0 Å². The standard InChI is InChI=1S/C15H19N3O3/c1-9(2)12-5-4-10(3)6-14(12)20-8-11-7-13(18-21-11)15(19)17-16/h4-7,9H,8,16H2,1-3H3,(H,17,19). The Morgan fingerprint density at radius 3 is 2.86 bits per heavy atom. The van der Waals surface area contributed by atoms with E-state index in [4.69, 9.17) is 15.1 Å². The van der Waals surface area contributed by atoms with Crippen LogP contribution in [-0.2, 0) is 6.61 Å². The van der Waals surface area contributed by atoms with E-state index >= 15 is 0 Å². The zero-order valence-electron chi connectivity index (χ0n) is 12.3. The molecule has 0 saturated carbocycles. The Bertz CT molecular complexity index is 635. The summed E-state index contributed by atoms with van der Waals surface area (Å²) in [5.41, 5.74) is 4.37. The highest BCUT2D eigenvalue weighted by Gasteiger charge is 2.13. The van der Waals surface area contributed by atoms with Gasteiger partial charge in [0.05, 0.1) is 0 Å². The van der Waals surface area contributed by atoms with Crippen LogP contribution in [0.15, 0.2) is 28.8 Å². The van der Waals surface area contributed by atoms with Crippen LogP contribution in [-0.4, -0.2) is 11.1 Å². The molecule has 1 amide bonds. The number of aryl methyl sites for hydroxylation is 1. The SMILES string of the molecule is Cc1ccc(C(C)C)c(OCc2cc(C(=O)NN)no2)c1. The first-order valence-electron chi connectivity index (χ1n) is 6.71. The monoisotopic (exact) mass is 289 g/mol. The number of rotatable bonds is 5. The van der Waals surface area contributed by atoms with Gasteiger partial charge in [0, 0.05) is 6.07 Å². The number of hydrogen-bond donors (Lipinski definition) is 2. The smallest absolute Gasteiger partial charge is 0.287 e. The minimum absolute atomic E-state index is 0.129. The van der Waals surface area contributed by atoms with Crippen molar-refractivity contribution in [2.75, 3.05) is 0 Å². The van der Waals surface area contributed by atoms with Crippen molar-refractivity contribution in [3.8, 4) is 5.75 Å². The number of hydrazine groups is 1. The Kier molecular flexibility index (Phi) is 4.59. The molecule has 1 aromatic heterocycles. The van der Waals surface area contributed by atoms with Gasteiger partial charge in [0.25, 0.3) is 5.91 Å². The van der Waals surface area contributed by atoms with Crippen LogP contribution in [0, 0.1) is 6.92 Å². The minimum Gasteiger partial charge on any atom is -0.485 e. The lowest BCUT2D eigenvalue weighted by Gasteiger charge is -2.13. The summed E-state index contributed by atoms with van der Waals surface area (Å²) in [7, 11) is 0. The van der Waals surface area contributed by atoms with Crippen molar-refractivity contribution in [2.45, 2.75) is 33.3 Å². The molecule has 0 fully saturated rings. The number of amides is 1. The van der Waals surface area contributed by atoms with Crippen molar-refractivity contribution in [1.29, 1.82) is 0 Å². The molecule has 2 rings (SSSR count). The lowest BCUT2D eigenvalue weighted by atomic mass is 10.0. The van der Waals surface area contributed by atoms with E-state index in [1.54, 1.807) is 0 Å². The maximum absolute atomic E-state index is 11.3. The molecule has 0 aliphatic heterocycles. The van der Waals surface area contributed by atoms with Gasteiger partial charge in [0.2, 0.25) is 0 Å². The highest BCUT2D eigenvalue weighted by atomic mass is 16.5. The fourth-order valence-corrected chi connectivity index (χ4v) is 1.95. The van der Waals surface area contributed by atoms with Crippen LogP contribution < -0.4 is 16.0 Å². The number of aromatic nitrogens is 1. The molecule has 21 heavy (non-hydrogen) atoms. The Balaban J connectivity index is 2.11. The largest absolute Gasteiger partial charge is 0.485 e. The number of nitrogen functional groups attached to an aromatic ring is 1. The fourth-order valence-electron chi connectivity index (χ4n) is 1.95. The molecule has 0 unspecified atom stereocenters. The molecule has 3 N–H and O–H groups in total. The van der Waals surface area contributed by atoms with Gasteiger partial charge < -0.3 is 9.26 Å². The maximum atomic E-state index is 11.3. The lowest BCUT2D eigenvalue weighted by molar-refractivity contribution is 0.0944. The third-order valence-electron chi connectivity index (χ3n) is 3.08. The number of nitrogens with one attached hydrogen (secondary N) is 1. The summed E-state index contributed by atoms with van der Waals surface area (Å²) < 4.78 is 10.8. The highest BCUT2D eigenvalue weighted by molar-refractivity contribution is 5.91. The fraction of sp³-hybridized carbons (Fsp3) is 0.333. The third kappa shape index (κ3) is 3.61. The van der Waals surface area contributed by atoms with Crippen LogP contribution in [0.2, 0.25) is 0 Å². The van der Waals surface area contributed by atoms with Gasteiger partial charge in [-0.2, -0.15) is 0 Å². The number of ether oxygens (including phenoxy) is 1. The molecule has 0 atom stereocenters. The predicted molar refractivity (Wildman–Crippen MR) is 77.8 cm³/mol. The van der Waals surface area contributed by atoms with Crippen LogP contribution >= 0.6 is 0 Å². The highest BCUT2D eigenvalue weighted by Crippen LogP contribution is 2.28. The van der Waals surface area contributed by atoms with E-state index in [1.165, 1.54) is 6.07 Å². The molecule has 1 aromatic carbocycles. The van der Waals surface area contributed by atoms with E-state index in [2.05, 4.69) is 31.1 Å². The van der Waals surface area contributed by atoms with E-state index in [0.29, 0.717) is 11.7 Å². The molecule has 6 nitrogen and oxygen atoms in total. The van der Waals surface area contributed by atoms with Crippen molar-refractivity contribution in [3.63, 3.8) is 0 Å². The van der Waals surface area contributed by atoms with Gasteiger partial charge in [-0.15, -0.1) is 0 Å². The molecule has 0 spiro atoms. The summed E-state index contributed by atoms with van der Waals surface area (Å²) in [6.45, 7) is 6.43. The molecule has 0 saturated heterocycles. The minimum atomic E-state index is -0.497. The second-order valence-electron chi connectivity index (χ2n) is 5.14. The zero-order valence-corrected chi connectivity index (χ0v) is 12.3. The molecule has 2 aromatic rings. The van der Waals surface area contributed by atoms with Gasteiger partial charge >= 0.3 is 0 Å². The van der Waals surface area contributed by atoms with Crippen LogP contribution in [0.5, 0.6) is 5.75 Å². The molecular formula is C15H19N3O3. The lowest BCUT2D eigenvalue weighted by Crippen LogP contribution is -2.30. The number of carbonyl (C=O) groups excluding carboxylic acids is 1. The van der Waals surface area contributed by atoms with Crippen molar-refractivity contribution < 1.29 is 14.1 Å². The number of hydrogen-bond acceptors (Lipinski definition) is 5. The van der Waals surface area contributed by atoms with E-state index in [0.717, 1.165) is 16.9 Å². The van der Waals surface area contributed by atoms with Crippen molar-refractivity contribution in [1.82, 2.24) is 10.6 Å². The van der Waals surface area contributed by atoms with Gasteiger partial charge in [0.1, 0.15) is 12.4 Å². The second-order valence-corrected chi connectivity index (χ2v) is 5.14. The summed E-state index contributed by atoms with van der Waals surface area (Å²) in [5.74, 6) is 6.17. The Morgan fingerprint density at radius 2 is 2.19 bits per heavy atom. The van der Waals surface area contributed by atoms with Crippen molar-refractivity contribution >= 4 is 5.91 Å². The first kappa shape index (κ1) is 15.1. The average Bonchev–Trinajstić information content (AvgIpc) is 2.93. The maximum Gasteiger partial charge on any atom is 0.287 e. The quantitative estimate of drug-likeness (QED) is 0.500. The number of nitrogens with zero attached hydrogens (tertiary/aromatic N) is 1. The molecule has 0 bridgehead atoms. The van der Waals surface area contributed by atoms with Crippen molar-refractivity contribution in [3.05, 3.63) is 46.8 Å².